The molecule has 3 aromatic rings. The number of nitrogens with zero attached hydrogens (tertiary/aromatic N) is 2. The molecule has 0 bridgehead atoms. The van der Waals surface area contributed by atoms with E-state index in [9.17, 15) is 0 Å². The second-order valence-electron chi connectivity index (χ2n) is 8.12. The summed E-state index contributed by atoms with van der Waals surface area (Å²) in [5, 5.41) is 4.35. The van der Waals surface area contributed by atoms with Gasteiger partial charge in [-0.1, -0.05) is 44.2 Å². The van der Waals surface area contributed by atoms with Gasteiger partial charge in [-0.3, -0.25) is 4.68 Å². The number of methoxy groups -OCH3 is 1. The largest absolute Gasteiger partial charge is 0.491 e. The van der Waals surface area contributed by atoms with Crippen LogP contribution in [0.2, 0.25) is 0 Å². The van der Waals surface area contributed by atoms with Gasteiger partial charge in [0.2, 0.25) is 0 Å². The van der Waals surface area contributed by atoms with E-state index in [0.29, 0.717) is 6.61 Å². The Bertz CT molecular complexity index is 933. The lowest BCUT2D eigenvalue weighted by atomic mass is 10.0. The summed E-state index contributed by atoms with van der Waals surface area (Å²) in [4.78, 5) is 0. The predicted octanol–water partition coefficient (Wildman–Crippen LogP) is 8.15. The molecule has 1 aliphatic rings. The molecule has 37 heavy (non-hydrogen) atoms. The molecule has 6 nitrogen and oxygen atoms in total. The number of epoxide rings is 1. The molecule has 1 aromatic heterocycles. The highest BCUT2D eigenvalue weighted by molar-refractivity contribution is 5.35. The van der Waals surface area contributed by atoms with Crippen molar-refractivity contribution in [3.8, 4) is 17.2 Å². The lowest BCUT2D eigenvalue weighted by Gasteiger charge is -2.17. The Balaban J connectivity index is 0.00000102. The summed E-state index contributed by atoms with van der Waals surface area (Å²) in [6.45, 7) is 19.2. The summed E-state index contributed by atoms with van der Waals surface area (Å²) in [7, 11) is 3.25. The molecule has 2 atom stereocenters. The van der Waals surface area contributed by atoms with Crippen molar-refractivity contribution in [3.63, 3.8) is 0 Å². The predicted molar refractivity (Wildman–Crippen MR) is 155 cm³/mol. The molecule has 204 valence electrons. The van der Waals surface area contributed by atoms with Crippen LogP contribution in [-0.4, -0.2) is 42.3 Å². The monoisotopic (exact) mass is 510 g/mol. The first kappa shape index (κ1) is 33.7. The number of para-hydroxylation sites is 1. The van der Waals surface area contributed by atoms with Crippen LogP contribution < -0.4 is 9.47 Å². The first-order valence-electron chi connectivity index (χ1n) is 12.5. The SMILES string of the molecule is C=CC.C=CC.CC.CC1(C)OC1C(COc1ccc(Oc2ccccc2)cc1)n1cccn1.COC. The van der Waals surface area contributed by atoms with Crippen LogP contribution in [0.15, 0.2) is 98.4 Å². The van der Waals surface area contributed by atoms with E-state index in [4.69, 9.17) is 14.2 Å². The van der Waals surface area contributed by atoms with E-state index >= 15 is 0 Å². The van der Waals surface area contributed by atoms with Gasteiger partial charge >= 0.3 is 0 Å². The molecular weight excluding hydrogens is 464 g/mol. The maximum Gasteiger partial charge on any atom is 0.127 e. The second-order valence-corrected chi connectivity index (χ2v) is 8.12. The van der Waals surface area contributed by atoms with Gasteiger partial charge in [-0.05, 0) is 70.2 Å². The average Bonchev–Trinajstić information content (AvgIpc) is 3.24. The molecule has 4 rings (SSSR count). The average molecular weight is 511 g/mol. The molecule has 0 aliphatic carbocycles. The van der Waals surface area contributed by atoms with Gasteiger partial charge in [0.1, 0.15) is 36.0 Å². The standard InChI is InChI=1S/C21H22N2O3.2C3H6.C2H6O.C2H6/c1-21(2)20(26-21)19(23-14-6-13-22-23)15-24-16-9-11-18(12-10-16)25-17-7-4-3-5-8-17;3*1-3-2;1-2/h3-14,19-20H,15H2,1-2H3;2*3H,1H2,2H3;1-2H3;1-2H3. The minimum atomic E-state index is -0.132. The smallest absolute Gasteiger partial charge is 0.127 e. The molecule has 1 aliphatic heterocycles. The molecular formula is C31H46N2O4. The lowest BCUT2D eigenvalue weighted by Crippen LogP contribution is -2.26. The van der Waals surface area contributed by atoms with Crippen molar-refractivity contribution in [1.82, 2.24) is 9.78 Å². The van der Waals surface area contributed by atoms with E-state index in [1.807, 2.05) is 99.2 Å². The van der Waals surface area contributed by atoms with Gasteiger partial charge in [0.15, 0.2) is 0 Å². The molecule has 6 heteroatoms. The number of ether oxygens (including phenoxy) is 4. The van der Waals surface area contributed by atoms with Crippen LogP contribution >= 0.6 is 0 Å². The Morgan fingerprint density at radius 3 is 1.81 bits per heavy atom. The first-order chi connectivity index (χ1) is 17.9. The van der Waals surface area contributed by atoms with Crippen molar-refractivity contribution in [3.05, 3.63) is 98.4 Å². The Hall–Kier alpha value is -3.35. The topological polar surface area (TPSA) is 58.0 Å². The minimum Gasteiger partial charge on any atom is -0.491 e. The van der Waals surface area contributed by atoms with Crippen molar-refractivity contribution in [2.24, 2.45) is 0 Å². The molecule has 0 amide bonds. The zero-order valence-corrected chi connectivity index (χ0v) is 23.9. The summed E-state index contributed by atoms with van der Waals surface area (Å²) >= 11 is 0. The van der Waals surface area contributed by atoms with Crippen molar-refractivity contribution in [2.45, 2.75) is 59.3 Å². The highest BCUT2D eigenvalue weighted by atomic mass is 16.6. The fourth-order valence-electron chi connectivity index (χ4n) is 3.02. The number of rotatable bonds is 7. The van der Waals surface area contributed by atoms with E-state index in [2.05, 4.69) is 36.8 Å². The van der Waals surface area contributed by atoms with Crippen LogP contribution in [0.25, 0.3) is 0 Å². The quantitative estimate of drug-likeness (QED) is 0.237. The van der Waals surface area contributed by atoms with Crippen molar-refractivity contribution < 1.29 is 18.9 Å². The number of hydrogen-bond donors (Lipinski definition) is 0. The molecule has 0 saturated carbocycles. The van der Waals surface area contributed by atoms with Crippen LogP contribution in [0, 0.1) is 0 Å². The number of hydrogen-bond acceptors (Lipinski definition) is 5. The Morgan fingerprint density at radius 1 is 0.919 bits per heavy atom. The zero-order valence-electron chi connectivity index (χ0n) is 23.9. The molecule has 1 saturated heterocycles. The van der Waals surface area contributed by atoms with E-state index in [1.165, 1.54) is 0 Å². The molecule has 2 aromatic carbocycles. The van der Waals surface area contributed by atoms with Gasteiger partial charge < -0.3 is 18.9 Å². The fourth-order valence-corrected chi connectivity index (χ4v) is 3.02. The van der Waals surface area contributed by atoms with Gasteiger partial charge in [0.25, 0.3) is 0 Å². The third-order valence-corrected chi connectivity index (χ3v) is 4.50. The number of allylic oxidation sites excluding steroid dienone is 2. The van der Waals surface area contributed by atoms with E-state index in [-0.39, 0.29) is 17.7 Å². The van der Waals surface area contributed by atoms with Crippen LogP contribution in [0.4, 0.5) is 0 Å². The molecule has 2 heterocycles. The molecule has 0 N–H and O–H groups in total. The summed E-state index contributed by atoms with van der Waals surface area (Å²) in [6, 6.07) is 19.3. The summed E-state index contributed by atoms with van der Waals surface area (Å²) in [5.41, 5.74) is -0.132. The minimum absolute atomic E-state index is 0.0419. The molecule has 0 radical (unpaired) electrons. The van der Waals surface area contributed by atoms with Crippen molar-refractivity contribution in [1.29, 1.82) is 0 Å². The van der Waals surface area contributed by atoms with Crippen LogP contribution in [0.1, 0.15) is 47.6 Å². The number of aromatic nitrogens is 2. The molecule has 0 spiro atoms. The van der Waals surface area contributed by atoms with Gasteiger partial charge in [-0.2, -0.15) is 5.10 Å². The Labute approximate surface area is 224 Å². The van der Waals surface area contributed by atoms with Gasteiger partial charge in [0, 0.05) is 26.6 Å². The maximum atomic E-state index is 6.00. The van der Waals surface area contributed by atoms with E-state index < -0.39 is 0 Å². The third kappa shape index (κ3) is 13.5. The zero-order chi connectivity index (χ0) is 28.1. The third-order valence-electron chi connectivity index (χ3n) is 4.50. The van der Waals surface area contributed by atoms with Gasteiger partial charge in [-0.15, -0.1) is 13.2 Å². The molecule has 2 unspecified atom stereocenters. The lowest BCUT2D eigenvalue weighted by molar-refractivity contribution is 0.201. The Morgan fingerprint density at radius 2 is 1.38 bits per heavy atom. The molecule has 1 fully saturated rings. The fraction of sp³-hybridized carbons (Fsp3) is 0.387. The maximum absolute atomic E-state index is 6.00. The van der Waals surface area contributed by atoms with E-state index in [1.54, 1.807) is 32.6 Å². The Kier molecular flexibility index (Phi) is 18.0. The second kappa shape index (κ2) is 19.8. The van der Waals surface area contributed by atoms with Crippen molar-refractivity contribution in [2.75, 3.05) is 20.8 Å². The van der Waals surface area contributed by atoms with Crippen molar-refractivity contribution >= 4 is 0 Å². The first-order valence-corrected chi connectivity index (χ1v) is 12.5. The summed E-state index contributed by atoms with van der Waals surface area (Å²) in [5.74, 6) is 2.38. The van der Waals surface area contributed by atoms with Crippen LogP contribution in [-0.2, 0) is 9.47 Å². The van der Waals surface area contributed by atoms with Gasteiger partial charge in [-0.25, -0.2) is 0 Å². The highest BCUT2D eigenvalue weighted by Gasteiger charge is 2.53. The van der Waals surface area contributed by atoms with Crippen LogP contribution in [0.5, 0.6) is 17.2 Å². The van der Waals surface area contributed by atoms with Crippen LogP contribution in [0.3, 0.4) is 0 Å². The number of benzene rings is 2. The summed E-state index contributed by atoms with van der Waals surface area (Å²) in [6.07, 6.45) is 7.32. The normalized spacial score (nSPS) is 14.6. The van der Waals surface area contributed by atoms with E-state index in [0.717, 1.165) is 17.2 Å². The highest BCUT2D eigenvalue weighted by Crippen LogP contribution is 2.42. The van der Waals surface area contributed by atoms with Gasteiger partial charge in [0.05, 0.1) is 5.60 Å². The summed E-state index contributed by atoms with van der Waals surface area (Å²) < 4.78 is 23.8.